The SMILES string of the molecule is CN(Cc1cc(Cl)cc(Cl)c1)C(=O)C1(CN)CCCC1. The van der Waals surface area contributed by atoms with Gasteiger partial charge in [-0.05, 0) is 36.6 Å². The van der Waals surface area contributed by atoms with E-state index in [4.69, 9.17) is 28.9 Å². The summed E-state index contributed by atoms with van der Waals surface area (Å²) in [6.07, 6.45) is 3.95. The maximum Gasteiger partial charge on any atom is 0.230 e. The molecule has 1 aliphatic carbocycles. The van der Waals surface area contributed by atoms with Gasteiger partial charge in [0.1, 0.15) is 0 Å². The van der Waals surface area contributed by atoms with Crippen LogP contribution >= 0.6 is 23.2 Å². The number of nitrogens with zero attached hydrogens (tertiary/aromatic N) is 1. The first kappa shape index (κ1) is 15.6. The van der Waals surface area contributed by atoms with Gasteiger partial charge in [0.05, 0.1) is 5.41 Å². The molecule has 2 rings (SSSR count). The normalized spacial score (nSPS) is 17.2. The lowest BCUT2D eigenvalue weighted by molar-refractivity contribution is -0.140. The first-order chi connectivity index (χ1) is 9.47. The molecule has 1 fully saturated rings. The van der Waals surface area contributed by atoms with Gasteiger partial charge in [0.2, 0.25) is 5.91 Å². The van der Waals surface area contributed by atoms with Gasteiger partial charge >= 0.3 is 0 Å². The molecular weight excluding hydrogens is 295 g/mol. The van der Waals surface area contributed by atoms with Crippen molar-refractivity contribution in [1.82, 2.24) is 4.90 Å². The van der Waals surface area contributed by atoms with Crippen LogP contribution in [0.25, 0.3) is 0 Å². The maximum absolute atomic E-state index is 12.7. The lowest BCUT2D eigenvalue weighted by Crippen LogP contribution is -2.44. The van der Waals surface area contributed by atoms with Crippen LogP contribution in [0.1, 0.15) is 31.2 Å². The lowest BCUT2D eigenvalue weighted by atomic mass is 9.84. The predicted molar refractivity (Wildman–Crippen MR) is 82.9 cm³/mol. The number of benzene rings is 1. The lowest BCUT2D eigenvalue weighted by Gasteiger charge is -2.31. The van der Waals surface area contributed by atoms with Crippen molar-refractivity contribution in [1.29, 1.82) is 0 Å². The number of carbonyl (C=O) groups is 1. The fourth-order valence-corrected chi connectivity index (χ4v) is 3.58. The molecule has 1 aromatic rings. The van der Waals surface area contributed by atoms with Gasteiger partial charge < -0.3 is 10.6 Å². The Labute approximate surface area is 130 Å². The summed E-state index contributed by atoms with van der Waals surface area (Å²) in [5.74, 6) is 0.133. The van der Waals surface area contributed by atoms with Gasteiger partial charge in [0.15, 0.2) is 0 Å². The second-order valence-electron chi connectivity index (χ2n) is 5.63. The van der Waals surface area contributed by atoms with E-state index in [9.17, 15) is 4.79 Å². The second-order valence-corrected chi connectivity index (χ2v) is 6.50. The van der Waals surface area contributed by atoms with Gasteiger partial charge in [0.25, 0.3) is 0 Å². The predicted octanol–water partition coefficient (Wildman–Crippen LogP) is 3.47. The molecule has 1 aromatic carbocycles. The Morgan fingerprint density at radius 3 is 2.30 bits per heavy atom. The first-order valence-corrected chi connectivity index (χ1v) is 7.63. The molecule has 1 saturated carbocycles. The molecule has 5 heteroatoms. The average molecular weight is 315 g/mol. The molecule has 20 heavy (non-hydrogen) atoms. The molecule has 110 valence electrons. The highest BCUT2D eigenvalue weighted by Gasteiger charge is 2.41. The Balaban J connectivity index is 2.11. The highest BCUT2D eigenvalue weighted by Crippen LogP contribution is 2.38. The maximum atomic E-state index is 12.7. The molecule has 0 aliphatic heterocycles. The van der Waals surface area contributed by atoms with Crippen molar-refractivity contribution in [2.24, 2.45) is 11.1 Å². The quantitative estimate of drug-likeness (QED) is 0.925. The van der Waals surface area contributed by atoms with Crippen LogP contribution < -0.4 is 5.73 Å². The van der Waals surface area contributed by atoms with Gasteiger partial charge in [-0.25, -0.2) is 0 Å². The Morgan fingerprint density at radius 1 is 1.25 bits per heavy atom. The summed E-state index contributed by atoms with van der Waals surface area (Å²) in [5, 5.41) is 1.17. The number of amides is 1. The summed E-state index contributed by atoms with van der Waals surface area (Å²) in [7, 11) is 1.81. The summed E-state index contributed by atoms with van der Waals surface area (Å²) in [4.78, 5) is 14.4. The highest BCUT2D eigenvalue weighted by molar-refractivity contribution is 6.34. The Hall–Kier alpha value is -0.770. The summed E-state index contributed by atoms with van der Waals surface area (Å²) in [5.41, 5.74) is 6.43. The molecule has 0 unspecified atom stereocenters. The summed E-state index contributed by atoms with van der Waals surface area (Å²) >= 11 is 12.0. The van der Waals surface area contributed by atoms with Gasteiger partial charge in [0, 0.05) is 30.2 Å². The average Bonchev–Trinajstić information content (AvgIpc) is 2.86. The number of hydrogen-bond acceptors (Lipinski definition) is 2. The molecular formula is C15H20Cl2N2O. The van der Waals surface area contributed by atoms with Crippen molar-refractivity contribution in [2.75, 3.05) is 13.6 Å². The highest BCUT2D eigenvalue weighted by atomic mass is 35.5. The zero-order valence-electron chi connectivity index (χ0n) is 11.7. The van der Waals surface area contributed by atoms with Crippen molar-refractivity contribution in [3.63, 3.8) is 0 Å². The Bertz CT molecular complexity index is 478. The fourth-order valence-electron chi connectivity index (χ4n) is 3.01. The van der Waals surface area contributed by atoms with Crippen molar-refractivity contribution in [3.05, 3.63) is 33.8 Å². The molecule has 0 aromatic heterocycles. The molecule has 1 amide bonds. The van der Waals surface area contributed by atoms with Crippen LogP contribution in [0, 0.1) is 5.41 Å². The van der Waals surface area contributed by atoms with Crippen LogP contribution in [0.4, 0.5) is 0 Å². The zero-order chi connectivity index (χ0) is 14.8. The van der Waals surface area contributed by atoms with Crippen LogP contribution in [0.2, 0.25) is 10.0 Å². The molecule has 1 aliphatic rings. The second kappa shape index (κ2) is 6.33. The Morgan fingerprint density at radius 2 is 1.80 bits per heavy atom. The van der Waals surface area contributed by atoms with Gasteiger partial charge in [-0.2, -0.15) is 0 Å². The van der Waals surface area contributed by atoms with E-state index in [1.54, 1.807) is 11.0 Å². The molecule has 0 bridgehead atoms. The number of rotatable bonds is 4. The van der Waals surface area contributed by atoms with Crippen LogP contribution in [-0.2, 0) is 11.3 Å². The van der Waals surface area contributed by atoms with E-state index >= 15 is 0 Å². The molecule has 3 nitrogen and oxygen atoms in total. The minimum atomic E-state index is -0.364. The van der Waals surface area contributed by atoms with Crippen molar-refractivity contribution < 1.29 is 4.79 Å². The van der Waals surface area contributed by atoms with E-state index in [1.165, 1.54) is 0 Å². The van der Waals surface area contributed by atoms with Crippen molar-refractivity contribution in [2.45, 2.75) is 32.2 Å². The number of nitrogens with two attached hydrogens (primary N) is 1. The minimum absolute atomic E-state index is 0.133. The molecule has 0 radical (unpaired) electrons. The van der Waals surface area contributed by atoms with Crippen molar-refractivity contribution in [3.8, 4) is 0 Å². The minimum Gasteiger partial charge on any atom is -0.341 e. The number of halogens is 2. The third kappa shape index (κ3) is 3.27. The van der Waals surface area contributed by atoms with Gasteiger partial charge in [-0.15, -0.1) is 0 Å². The van der Waals surface area contributed by atoms with Gasteiger partial charge in [-0.3, -0.25) is 4.79 Å². The largest absolute Gasteiger partial charge is 0.341 e. The van der Waals surface area contributed by atoms with Crippen molar-refractivity contribution >= 4 is 29.1 Å². The fraction of sp³-hybridized carbons (Fsp3) is 0.533. The third-order valence-corrected chi connectivity index (χ3v) is 4.53. The van der Waals surface area contributed by atoms with Gasteiger partial charge in [-0.1, -0.05) is 36.0 Å². The van der Waals surface area contributed by atoms with E-state index in [0.29, 0.717) is 23.1 Å². The third-order valence-electron chi connectivity index (χ3n) is 4.09. The van der Waals surface area contributed by atoms with E-state index in [1.807, 2.05) is 19.2 Å². The standard InChI is InChI=1S/C15H20Cl2N2O/c1-19(9-11-6-12(16)8-13(17)7-11)14(20)15(10-18)4-2-3-5-15/h6-8H,2-5,9-10,18H2,1H3. The molecule has 2 N–H and O–H groups in total. The molecule has 0 atom stereocenters. The smallest absolute Gasteiger partial charge is 0.230 e. The van der Waals surface area contributed by atoms with E-state index in [0.717, 1.165) is 31.2 Å². The zero-order valence-corrected chi connectivity index (χ0v) is 13.2. The first-order valence-electron chi connectivity index (χ1n) is 6.87. The Kier molecular flexibility index (Phi) is 4.95. The molecule has 0 heterocycles. The summed E-state index contributed by atoms with van der Waals surface area (Å²) in [6, 6.07) is 5.36. The summed E-state index contributed by atoms with van der Waals surface area (Å²) < 4.78 is 0. The van der Waals surface area contributed by atoms with Crippen LogP contribution in [0.5, 0.6) is 0 Å². The molecule has 0 spiro atoms. The monoisotopic (exact) mass is 314 g/mol. The van der Waals surface area contributed by atoms with E-state index in [2.05, 4.69) is 0 Å². The van der Waals surface area contributed by atoms with Crippen LogP contribution in [0.15, 0.2) is 18.2 Å². The van der Waals surface area contributed by atoms with Crippen LogP contribution in [0.3, 0.4) is 0 Å². The van der Waals surface area contributed by atoms with Crippen LogP contribution in [-0.4, -0.2) is 24.4 Å². The number of hydrogen-bond donors (Lipinski definition) is 1. The number of carbonyl (C=O) groups excluding carboxylic acids is 1. The summed E-state index contributed by atoms with van der Waals surface area (Å²) in [6.45, 7) is 0.924. The van der Waals surface area contributed by atoms with E-state index in [-0.39, 0.29) is 11.3 Å². The van der Waals surface area contributed by atoms with E-state index < -0.39 is 0 Å². The topological polar surface area (TPSA) is 46.3 Å². The molecule has 0 saturated heterocycles.